The number of allylic oxidation sites excluding steroid dienone is 9. The Balaban J connectivity index is 2.89. The van der Waals surface area contributed by atoms with Gasteiger partial charge in [-0.3, -0.25) is 9.32 Å². The van der Waals surface area contributed by atoms with Crippen LogP contribution in [0.15, 0.2) is 58.7 Å². The molecule has 1 aliphatic carbocycles. The molecular weight excluding hydrogens is 425 g/mol. The van der Waals surface area contributed by atoms with Crippen LogP contribution in [0.3, 0.4) is 0 Å². The van der Waals surface area contributed by atoms with Gasteiger partial charge in [0.25, 0.3) is 0 Å². The van der Waals surface area contributed by atoms with E-state index in [0.29, 0.717) is 10.1 Å². The maximum atomic E-state index is 12.6. The van der Waals surface area contributed by atoms with Crippen LogP contribution in [0.4, 0.5) is 0 Å². The van der Waals surface area contributed by atoms with Gasteiger partial charge in [0.05, 0.1) is 21.1 Å². The van der Waals surface area contributed by atoms with Gasteiger partial charge in [-0.2, -0.15) is 0 Å². The van der Waals surface area contributed by atoms with Gasteiger partial charge in [-0.1, -0.05) is 55.4 Å². The molecule has 1 atom stereocenters. The molecule has 0 spiro atoms. The van der Waals surface area contributed by atoms with E-state index in [9.17, 15) is 9.36 Å². The topological polar surface area (TPSA) is 83.8 Å². The standard InChI is InChI=1S/C25H40NO5P/c1-19(14-15-22-21(3)13-10-16-25(22,4)5)11-9-12-20(2)17-23(27)24(18-26(6,7)8)31-32(28,29)30/h9,11-12,14-15,17,24H,10,13,16,18H2,1-8H3,(H-,28,29,30)/p+1/b12-9?,15-14?,19-11?,20-17-. The van der Waals surface area contributed by atoms with E-state index in [0.717, 1.165) is 12.0 Å². The number of likely N-dealkylation sites (N-methyl/N-ethyl adjacent to an activating group) is 1. The number of ketones is 1. The molecule has 0 aromatic rings. The van der Waals surface area contributed by atoms with Crippen LogP contribution in [0.25, 0.3) is 0 Å². The van der Waals surface area contributed by atoms with E-state index in [-0.39, 0.29) is 12.0 Å². The third-order valence-corrected chi connectivity index (χ3v) is 5.97. The lowest BCUT2D eigenvalue weighted by atomic mass is 9.72. The Kier molecular flexibility index (Phi) is 10.3. The Bertz CT molecular complexity index is 878. The van der Waals surface area contributed by atoms with Gasteiger partial charge in [0, 0.05) is 0 Å². The van der Waals surface area contributed by atoms with Crippen LogP contribution in [0.1, 0.15) is 53.9 Å². The number of phosphoric ester groups is 1. The molecule has 1 unspecified atom stereocenters. The van der Waals surface area contributed by atoms with Gasteiger partial charge in [0.15, 0.2) is 11.9 Å². The molecular formula is C25H41NO5P+. The SMILES string of the molecule is CC(C=CC1=C(C)CCCC1(C)C)=CC=C/C(C)=C\C(=O)C(C[N+](C)(C)C)OP(=O)(O)O. The summed E-state index contributed by atoms with van der Waals surface area (Å²) in [6.45, 7) is 10.7. The van der Waals surface area contributed by atoms with Crippen LogP contribution in [0.2, 0.25) is 0 Å². The third-order valence-electron chi connectivity index (χ3n) is 5.44. The second-order valence-corrected chi connectivity index (χ2v) is 11.6. The lowest BCUT2D eigenvalue weighted by Crippen LogP contribution is -2.44. The van der Waals surface area contributed by atoms with E-state index in [4.69, 9.17) is 14.3 Å². The fourth-order valence-corrected chi connectivity index (χ4v) is 4.34. The van der Waals surface area contributed by atoms with Gasteiger partial charge < -0.3 is 14.3 Å². The smallest absolute Gasteiger partial charge is 0.328 e. The van der Waals surface area contributed by atoms with Crippen molar-refractivity contribution in [3.05, 3.63) is 58.7 Å². The summed E-state index contributed by atoms with van der Waals surface area (Å²) in [5.74, 6) is -0.467. The largest absolute Gasteiger partial charge is 0.470 e. The van der Waals surface area contributed by atoms with Crippen molar-refractivity contribution in [1.82, 2.24) is 0 Å². The van der Waals surface area contributed by atoms with Crippen molar-refractivity contribution in [1.29, 1.82) is 0 Å². The van der Waals surface area contributed by atoms with Crippen molar-refractivity contribution in [2.45, 2.75) is 60.0 Å². The van der Waals surface area contributed by atoms with Gasteiger partial charge in [-0.05, 0) is 62.7 Å². The Morgan fingerprint density at radius 3 is 2.34 bits per heavy atom. The van der Waals surface area contributed by atoms with Gasteiger partial charge in [-0.15, -0.1) is 0 Å². The number of phosphoric acid groups is 1. The van der Waals surface area contributed by atoms with Gasteiger partial charge in [-0.25, -0.2) is 4.57 Å². The highest BCUT2D eigenvalue weighted by Gasteiger charge is 2.31. The molecule has 6 nitrogen and oxygen atoms in total. The number of hydrogen-bond acceptors (Lipinski definition) is 3. The number of rotatable bonds is 10. The van der Waals surface area contributed by atoms with Gasteiger partial charge in [0.2, 0.25) is 0 Å². The van der Waals surface area contributed by atoms with E-state index in [1.165, 1.54) is 30.1 Å². The summed E-state index contributed by atoms with van der Waals surface area (Å²) >= 11 is 0. The number of quaternary nitrogens is 1. The highest BCUT2D eigenvalue weighted by molar-refractivity contribution is 7.46. The molecule has 0 radical (unpaired) electrons. The summed E-state index contributed by atoms with van der Waals surface area (Å²) < 4.78 is 16.3. The summed E-state index contributed by atoms with van der Waals surface area (Å²) in [6.07, 6.45) is 13.7. The van der Waals surface area contributed by atoms with E-state index >= 15 is 0 Å². The first-order valence-corrected chi connectivity index (χ1v) is 12.5. The van der Waals surface area contributed by atoms with Crippen molar-refractivity contribution in [2.75, 3.05) is 27.7 Å². The number of nitrogens with zero attached hydrogens (tertiary/aromatic N) is 1. The van der Waals surface area contributed by atoms with Crippen molar-refractivity contribution < 1.29 is 28.2 Å². The zero-order valence-corrected chi connectivity index (χ0v) is 21.8. The zero-order chi connectivity index (χ0) is 24.7. The van der Waals surface area contributed by atoms with Crippen LogP contribution >= 0.6 is 7.82 Å². The fraction of sp³-hybridized carbons (Fsp3) is 0.560. The summed E-state index contributed by atoms with van der Waals surface area (Å²) in [7, 11) is 0.707. The minimum Gasteiger partial charge on any atom is -0.328 e. The first-order chi connectivity index (χ1) is 14.5. The summed E-state index contributed by atoms with van der Waals surface area (Å²) in [6, 6.07) is 0. The van der Waals surface area contributed by atoms with Gasteiger partial charge in [0.1, 0.15) is 6.54 Å². The van der Waals surface area contributed by atoms with Crippen molar-refractivity contribution in [3.8, 4) is 0 Å². The highest BCUT2D eigenvalue weighted by atomic mass is 31.2. The van der Waals surface area contributed by atoms with Crippen LogP contribution in [0, 0.1) is 5.41 Å². The summed E-state index contributed by atoms with van der Waals surface area (Å²) in [5, 5.41) is 0. The van der Waals surface area contributed by atoms with Crippen molar-refractivity contribution in [3.63, 3.8) is 0 Å². The quantitative estimate of drug-likeness (QED) is 0.198. The average Bonchev–Trinajstić information content (AvgIpc) is 2.57. The fourth-order valence-electron chi connectivity index (χ4n) is 3.84. The molecule has 180 valence electrons. The minimum atomic E-state index is -4.77. The van der Waals surface area contributed by atoms with Crippen LogP contribution in [0.5, 0.6) is 0 Å². The molecule has 0 saturated heterocycles. The number of carbonyl (C=O) groups excluding carboxylic acids is 1. The Labute approximate surface area is 193 Å². The summed E-state index contributed by atoms with van der Waals surface area (Å²) in [5.41, 5.74) is 4.84. The predicted molar refractivity (Wildman–Crippen MR) is 131 cm³/mol. The third kappa shape index (κ3) is 10.8. The van der Waals surface area contributed by atoms with E-state index in [1.54, 1.807) is 13.0 Å². The predicted octanol–water partition coefficient (Wildman–Crippen LogP) is 5.27. The van der Waals surface area contributed by atoms with Gasteiger partial charge >= 0.3 is 7.82 Å². The average molecular weight is 467 g/mol. The van der Waals surface area contributed by atoms with Crippen molar-refractivity contribution in [2.24, 2.45) is 5.41 Å². The molecule has 0 heterocycles. The van der Waals surface area contributed by atoms with E-state index in [1.807, 2.05) is 40.2 Å². The Morgan fingerprint density at radius 1 is 1.19 bits per heavy atom. The molecule has 0 saturated carbocycles. The maximum absolute atomic E-state index is 12.6. The molecule has 7 heteroatoms. The first kappa shape index (κ1) is 28.5. The van der Waals surface area contributed by atoms with E-state index < -0.39 is 19.7 Å². The number of hydrogen-bond donors (Lipinski definition) is 2. The number of carbonyl (C=O) groups is 1. The van der Waals surface area contributed by atoms with Crippen LogP contribution in [-0.2, 0) is 13.9 Å². The lowest BCUT2D eigenvalue weighted by molar-refractivity contribution is -0.872. The molecule has 0 aromatic heterocycles. The summed E-state index contributed by atoms with van der Waals surface area (Å²) in [4.78, 5) is 30.8. The molecule has 0 aromatic carbocycles. The molecule has 2 N–H and O–H groups in total. The zero-order valence-electron chi connectivity index (χ0n) is 20.9. The first-order valence-electron chi connectivity index (χ1n) is 11.0. The Hall–Kier alpha value is -1.56. The van der Waals surface area contributed by atoms with Crippen LogP contribution in [-0.4, -0.2) is 53.8 Å². The second kappa shape index (κ2) is 11.5. The minimum absolute atomic E-state index is 0.146. The maximum Gasteiger partial charge on any atom is 0.470 e. The molecule has 1 rings (SSSR count). The molecule has 0 bridgehead atoms. The normalized spacial score (nSPS) is 19.8. The Morgan fingerprint density at radius 2 is 1.81 bits per heavy atom. The molecule has 0 amide bonds. The molecule has 1 aliphatic rings. The second-order valence-electron chi connectivity index (χ2n) is 10.4. The molecule has 0 fully saturated rings. The highest BCUT2D eigenvalue weighted by Crippen LogP contribution is 2.41. The van der Waals surface area contributed by atoms with E-state index in [2.05, 4.69) is 32.9 Å². The molecule has 32 heavy (non-hydrogen) atoms. The van der Waals surface area contributed by atoms with Crippen LogP contribution < -0.4 is 0 Å². The lowest BCUT2D eigenvalue weighted by Gasteiger charge is -2.32. The van der Waals surface area contributed by atoms with Crippen molar-refractivity contribution >= 4 is 13.6 Å². The monoisotopic (exact) mass is 466 g/mol. The molecule has 0 aliphatic heterocycles.